The Morgan fingerprint density at radius 1 is 1.48 bits per heavy atom. The molecule has 0 aliphatic rings. The first-order valence-corrected chi connectivity index (χ1v) is 6.51. The standard InChI is InChI=1S/C14H21N3O4/c1-9(17(2)7-6-13(18)19)14(20)16-11-5-4-10(15)8-12(11)21-3/h4-5,8-9H,6-7,15H2,1-3H3,(H,16,20)(H,18,19). The van der Waals surface area contributed by atoms with E-state index in [9.17, 15) is 9.59 Å². The van der Waals surface area contributed by atoms with Gasteiger partial charge in [0.1, 0.15) is 5.75 Å². The highest BCUT2D eigenvalue weighted by Gasteiger charge is 2.19. The van der Waals surface area contributed by atoms with E-state index in [0.717, 1.165) is 0 Å². The molecule has 1 atom stereocenters. The molecule has 116 valence electrons. The van der Waals surface area contributed by atoms with E-state index in [1.807, 2.05) is 0 Å². The molecular weight excluding hydrogens is 274 g/mol. The number of carboxylic acids is 1. The van der Waals surface area contributed by atoms with Gasteiger partial charge in [-0.15, -0.1) is 0 Å². The Morgan fingerprint density at radius 3 is 2.71 bits per heavy atom. The van der Waals surface area contributed by atoms with Gasteiger partial charge in [0.05, 0.1) is 25.3 Å². The van der Waals surface area contributed by atoms with Gasteiger partial charge in [0.25, 0.3) is 0 Å². The van der Waals surface area contributed by atoms with Gasteiger partial charge in [0.15, 0.2) is 0 Å². The fraction of sp³-hybridized carbons (Fsp3) is 0.429. The lowest BCUT2D eigenvalue weighted by molar-refractivity contribution is -0.137. The number of hydrogen-bond donors (Lipinski definition) is 3. The Bertz CT molecular complexity index is 519. The highest BCUT2D eigenvalue weighted by atomic mass is 16.5. The van der Waals surface area contributed by atoms with Gasteiger partial charge in [-0.1, -0.05) is 0 Å². The van der Waals surface area contributed by atoms with Crippen LogP contribution in [0.3, 0.4) is 0 Å². The molecule has 1 rings (SSSR count). The Morgan fingerprint density at radius 2 is 2.14 bits per heavy atom. The lowest BCUT2D eigenvalue weighted by Gasteiger charge is -2.23. The Labute approximate surface area is 123 Å². The van der Waals surface area contributed by atoms with E-state index in [2.05, 4.69) is 5.32 Å². The van der Waals surface area contributed by atoms with Crippen molar-refractivity contribution in [2.75, 3.05) is 31.8 Å². The normalized spacial score (nSPS) is 12.0. The van der Waals surface area contributed by atoms with E-state index in [-0.39, 0.29) is 12.3 Å². The number of rotatable bonds is 7. The smallest absolute Gasteiger partial charge is 0.304 e. The number of nitrogens with two attached hydrogens (primary N) is 1. The molecule has 7 nitrogen and oxygen atoms in total. The van der Waals surface area contributed by atoms with Gasteiger partial charge in [0, 0.05) is 18.3 Å². The number of nitrogen functional groups attached to an aromatic ring is 1. The van der Waals surface area contributed by atoms with Crippen LogP contribution in [0.1, 0.15) is 13.3 Å². The maximum atomic E-state index is 12.2. The molecule has 21 heavy (non-hydrogen) atoms. The molecule has 0 aliphatic heterocycles. The van der Waals surface area contributed by atoms with Gasteiger partial charge >= 0.3 is 5.97 Å². The average molecular weight is 295 g/mol. The first-order valence-electron chi connectivity index (χ1n) is 6.51. The maximum Gasteiger partial charge on any atom is 0.304 e. The van der Waals surface area contributed by atoms with Crippen molar-refractivity contribution in [1.29, 1.82) is 0 Å². The quantitative estimate of drug-likeness (QED) is 0.648. The number of ether oxygens (including phenoxy) is 1. The minimum Gasteiger partial charge on any atom is -0.494 e. The predicted molar refractivity (Wildman–Crippen MR) is 80.4 cm³/mol. The number of methoxy groups -OCH3 is 1. The number of likely N-dealkylation sites (N-methyl/N-ethyl adjacent to an activating group) is 1. The molecule has 0 saturated carbocycles. The summed E-state index contributed by atoms with van der Waals surface area (Å²) in [5.74, 6) is -0.663. The number of carboxylic acid groups (broad SMARTS) is 1. The number of benzene rings is 1. The highest BCUT2D eigenvalue weighted by Crippen LogP contribution is 2.26. The molecule has 0 aromatic heterocycles. The van der Waals surface area contributed by atoms with Crippen LogP contribution >= 0.6 is 0 Å². The van der Waals surface area contributed by atoms with Gasteiger partial charge < -0.3 is 20.9 Å². The second-order valence-electron chi connectivity index (χ2n) is 4.75. The lowest BCUT2D eigenvalue weighted by Crippen LogP contribution is -2.40. The summed E-state index contributed by atoms with van der Waals surface area (Å²) in [4.78, 5) is 24.4. The monoisotopic (exact) mass is 295 g/mol. The topological polar surface area (TPSA) is 105 Å². The molecule has 1 aromatic carbocycles. The van der Waals surface area contributed by atoms with E-state index in [1.165, 1.54) is 7.11 Å². The second-order valence-corrected chi connectivity index (χ2v) is 4.75. The summed E-state index contributed by atoms with van der Waals surface area (Å²) in [7, 11) is 3.19. The second kappa shape index (κ2) is 7.49. The Balaban J connectivity index is 2.69. The highest BCUT2D eigenvalue weighted by molar-refractivity contribution is 5.96. The molecule has 0 bridgehead atoms. The van der Waals surface area contributed by atoms with Crippen LogP contribution in [0.5, 0.6) is 5.75 Å². The minimum atomic E-state index is -0.894. The SMILES string of the molecule is COc1cc(N)ccc1NC(=O)C(C)N(C)CCC(=O)O. The van der Waals surface area contributed by atoms with Crippen LogP contribution in [0, 0.1) is 0 Å². The van der Waals surface area contributed by atoms with Crippen LogP contribution < -0.4 is 15.8 Å². The zero-order valence-corrected chi connectivity index (χ0v) is 12.4. The largest absolute Gasteiger partial charge is 0.494 e. The summed E-state index contributed by atoms with van der Waals surface area (Å²) in [5, 5.41) is 11.4. The van der Waals surface area contributed by atoms with Crippen molar-refractivity contribution in [2.24, 2.45) is 0 Å². The first-order chi connectivity index (χ1) is 9.85. The third-order valence-corrected chi connectivity index (χ3v) is 3.20. The average Bonchev–Trinajstić information content (AvgIpc) is 2.45. The van der Waals surface area contributed by atoms with Crippen molar-refractivity contribution >= 4 is 23.3 Å². The lowest BCUT2D eigenvalue weighted by atomic mass is 10.2. The molecular formula is C14H21N3O4. The summed E-state index contributed by atoms with van der Waals surface area (Å²) in [6.45, 7) is 2.00. The third kappa shape index (κ3) is 4.96. The van der Waals surface area contributed by atoms with Gasteiger partial charge in [0.2, 0.25) is 5.91 Å². The Kier molecular flexibility index (Phi) is 5.98. The van der Waals surface area contributed by atoms with Crippen LogP contribution in [0.4, 0.5) is 11.4 Å². The maximum absolute atomic E-state index is 12.2. The van der Waals surface area contributed by atoms with Crippen LogP contribution in [0.15, 0.2) is 18.2 Å². The van der Waals surface area contributed by atoms with E-state index in [1.54, 1.807) is 37.1 Å². The number of nitrogens with zero attached hydrogens (tertiary/aromatic N) is 1. The summed E-state index contributed by atoms with van der Waals surface area (Å²) < 4.78 is 5.16. The zero-order valence-electron chi connectivity index (χ0n) is 12.4. The molecule has 1 aromatic rings. The third-order valence-electron chi connectivity index (χ3n) is 3.20. The number of anilines is 2. The van der Waals surface area contributed by atoms with E-state index in [0.29, 0.717) is 23.7 Å². The van der Waals surface area contributed by atoms with E-state index < -0.39 is 12.0 Å². The number of nitrogens with one attached hydrogen (secondary N) is 1. The minimum absolute atomic E-state index is 0.0146. The van der Waals surface area contributed by atoms with Crippen molar-refractivity contribution in [1.82, 2.24) is 4.90 Å². The van der Waals surface area contributed by atoms with Crippen LogP contribution in [0.2, 0.25) is 0 Å². The summed E-state index contributed by atoms with van der Waals surface area (Å²) in [5.41, 5.74) is 6.71. The number of hydrogen-bond acceptors (Lipinski definition) is 5. The molecule has 0 spiro atoms. The van der Waals surface area contributed by atoms with Gasteiger partial charge in [-0.05, 0) is 26.1 Å². The van der Waals surface area contributed by atoms with E-state index in [4.69, 9.17) is 15.6 Å². The molecule has 0 saturated heterocycles. The summed E-state index contributed by atoms with van der Waals surface area (Å²) >= 11 is 0. The first kappa shape index (κ1) is 16.8. The number of carbonyl (C=O) groups excluding carboxylic acids is 1. The van der Waals surface area contributed by atoms with Crippen LogP contribution in [-0.4, -0.2) is 48.6 Å². The van der Waals surface area contributed by atoms with Gasteiger partial charge in [-0.2, -0.15) is 0 Å². The molecule has 0 radical (unpaired) electrons. The van der Waals surface area contributed by atoms with Crippen molar-refractivity contribution in [3.63, 3.8) is 0 Å². The van der Waals surface area contributed by atoms with Gasteiger partial charge in [-0.25, -0.2) is 0 Å². The molecule has 0 heterocycles. The molecule has 0 fully saturated rings. The van der Waals surface area contributed by atoms with Crippen LogP contribution in [0.25, 0.3) is 0 Å². The van der Waals surface area contributed by atoms with Crippen molar-refractivity contribution in [3.05, 3.63) is 18.2 Å². The molecule has 4 N–H and O–H groups in total. The number of aliphatic carboxylic acids is 1. The Hall–Kier alpha value is -2.28. The van der Waals surface area contributed by atoms with Gasteiger partial charge in [-0.3, -0.25) is 14.5 Å². The summed E-state index contributed by atoms with van der Waals surface area (Å²) in [6, 6.07) is 4.48. The molecule has 1 unspecified atom stereocenters. The van der Waals surface area contributed by atoms with Crippen LogP contribution in [-0.2, 0) is 9.59 Å². The predicted octanol–water partition coefficient (Wildman–Crippen LogP) is 1.01. The number of carbonyl (C=O) groups is 2. The van der Waals surface area contributed by atoms with Crippen molar-refractivity contribution < 1.29 is 19.4 Å². The number of amides is 1. The molecule has 0 aliphatic carbocycles. The fourth-order valence-corrected chi connectivity index (χ4v) is 1.71. The van der Waals surface area contributed by atoms with Crippen molar-refractivity contribution in [2.45, 2.75) is 19.4 Å². The van der Waals surface area contributed by atoms with E-state index >= 15 is 0 Å². The fourth-order valence-electron chi connectivity index (χ4n) is 1.71. The summed E-state index contributed by atoms with van der Waals surface area (Å²) in [6.07, 6.45) is -0.0146. The van der Waals surface area contributed by atoms with Crippen molar-refractivity contribution in [3.8, 4) is 5.75 Å². The zero-order chi connectivity index (χ0) is 16.0. The molecule has 1 amide bonds. The molecule has 7 heteroatoms.